The van der Waals surface area contributed by atoms with Crippen molar-refractivity contribution in [3.05, 3.63) is 73.0 Å². The third kappa shape index (κ3) is 2.92. The smallest absolute Gasteiger partial charge is 0.253 e. The Kier molecular flexibility index (Phi) is 4.35. The van der Waals surface area contributed by atoms with Crippen LogP contribution in [0.3, 0.4) is 0 Å². The Hall–Kier alpha value is -2.91. The normalized spacial score (nSPS) is 14.6. The van der Waals surface area contributed by atoms with E-state index in [1.54, 1.807) is 30.3 Å². The minimum atomic E-state index is -3.68. The van der Waals surface area contributed by atoms with E-state index < -0.39 is 26.4 Å². The van der Waals surface area contributed by atoms with Gasteiger partial charge in [-0.2, -0.15) is 0 Å². The molecule has 0 saturated heterocycles. The van der Waals surface area contributed by atoms with Crippen molar-refractivity contribution in [2.24, 2.45) is 0 Å². The average molecular weight is 461 g/mol. The molecule has 0 amide bonds. The lowest BCUT2D eigenvalue weighted by Crippen LogP contribution is -2.35. The number of sulfone groups is 1. The molecule has 3 aromatic rings. The molecule has 3 N–H and O–H groups in total. The lowest BCUT2D eigenvalue weighted by Gasteiger charge is -2.19. The lowest BCUT2D eigenvalue weighted by molar-refractivity contribution is 0.461. The van der Waals surface area contributed by atoms with Gasteiger partial charge in [0.15, 0.2) is 15.6 Å². The Labute approximate surface area is 168 Å². The first-order valence-corrected chi connectivity index (χ1v) is 10.6. The van der Waals surface area contributed by atoms with Crippen LogP contribution in [0.1, 0.15) is 5.56 Å². The summed E-state index contributed by atoms with van der Waals surface area (Å²) in [6.07, 6.45) is 3.11. The molecule has 0 aromatic heterocycles. The fraction of sp³-hybridized carbons (Fsp3) is 0.0526. The van der Waals surface area contributed by atoms with E-state index in [1.807, 2.05) is 0 Å². The van der Waals surface area contributed by atoms with Crippen molar-refractivity contribution in [1.82, 2.24) is 0 Å². The van der Waals surface area contributed by atoms with Gasteiger partial charge in [-0.15, -0.1) is 0 Å². The molecule has 0 atom stereocenters. The molecule has 0 fully saturated rings. The first-order chi connectivity index (χ1) is 13.3. The molecule has 142 valence electrons. The number of para-hydroxylation sites is 1. The number of hydrogen-bond acceptors (Lipinski definition) is 7. The second kappa shape index (κ2) is 6.61. The van der Waals surface area contributed by atoms with Crippen LogP contribution < -0.4 is 21.5 Å². The van der Waals surface area contributed by atoms with Crippen molar-refractivity contribution in [2.75, 3.05) is 16.4 Å². The van der Waals surface area contributed by atoms with Gasteiger partial charge in [0, 0.05) is 4.47 Å². The van der Waals surface area contributed by atoms with Crippen LogP contribution in [-0.2, 0) is 9.84 Å². The molecule has 7 nitrogen and oxygen atoms in total. The molecule has 1 aliphatic rings. The van der Waals surface area contributed by atoms with E-state index in [-0.39, 0.29) is 27.7 Å². The SMILES string of the molecule is O=c1c(Nc2ccccc2Br)c(Nc2ccc3c(c2O)S(=O)(=O)CC=C3)c1=O. The van der Waals surface area contributed by atoms with Crippen LogP contribution in [0.2, 0.25) is 0 Å². The number of nitrogens with one attached hydrogen (secondary N) is 2. The second-order valence-corrected chi connectivity index (χ2v) is 9.03. The summed E-state index contributed by atoms with van der Waals surface area (Å²) in [7, 11) is -3.68. The second-order valence-electron chi connectivity index (χ2n) is 6.20. The summed E-state index contributed by atoms with van der Waals surface area (Å²) in [6, 6.07) is 10.0. The Morgan fingerprint density at radius 3 is 2.25 bits per heavy atom. The summed E-state index contributed by atoms with van der Waals surface area (Å²) in [4.78, 5) is 23.9. The van der Waals surface area contributed by atoms with Crippen LogP contribution in [-0.4, -0.2) is 19.3 Å². The number of fused-ring (bicyclic) bond motifs is 1. The van der Waals surface area contributed by atoms with Crippen molar-refractivity contribution in [3.63, 3.8) is 0 Å². The molecule has 0 spiro atoms. The first-order valence-electron chi connectivity index (χ1n) is 8.17. The molecule has 3 aromatic carbocycles. The topological polar surface area (TPSA) is 113 Å². The molecule has 1 aliphatic heterocycles. The van der Waals surface area contributed by atoms with Gasteiger partial charge in [-0.25, -0.2) is 8.42 Å². The number of halogens is 1. The third-order valence-electron chi connectivity index (χ3n) is 4.39. The van der Waals surface area contributed by atoms with Gasteiger partial charge in [0.05, 0.1) is 17.1 Å². The van der Waals surface area contributed by atoms with E-state index in [2.05, 4.69) is 26.6 Å². The fourth-order valence-corrected chi connectivity index (χ4v) is 4.79. The zero-order valence-electron chi connectivity index (χ0n) is 14.2. The number of rotatable bonds is 4. The third-order valence-corrected chi connectivity index (χ3v) is 6.76. The molecule has 28 heavy (non-hydrogen) atoms. The molecule has 1 heterocycles. The van der Waals surface area contributed by atoms with Gasteiger partial charge >= 0.3 is 0 Å². The average Bonchev–Trinajstić information content (AvgIpc) is 2.66. The Morgan fingerprint density at radius 1 is 0.929 bits per heavy atom. The predicted molar refractivity (Wildman–Crippen MR) is 111 cm³/mol. The Bertz CT molecular complexity index is 1320. The summed E-state index contributed by atoms with van der Waals surface area (Å²) in [5, 5.41) is 16.1. The standard InChI is InChI=1S/C19H13BrN2O5S/c20-11-5-1-2-6-12(11)21-14-15(18(25)17(14)24)22-13-8-7-10-4-3-9-28(26,27)19(10)16(13)23/h1-8,21-23H,9H2. The number of aromatic hydroxyl groups is 1. The highest BCUT2D eigenvalue weighted by atomic mass is 79.9. The van der Waals surface area contributed by atoms with Crippen molar-refractivity contribution < 1.29 is 13.5 Å². The van der Waals surface area contributed by atoms with E-state index in [1.165, 1.54) is 18.2 Å². The van der Waals surface area contributed by atoms with Crippen LogP contribution in [0.25, 0.3) is 6.08 Å². The molecule has 0 bridgehead atoms. The zero-order chi connectivity index (χ0) is 20.1. The number of hydrogen-bond donors (Lipinski definition) is 3. The van der Waals surface area contributed by atoms with Crippen LogP contribution >= 0.6 is 15.9 Å². The van der Waals surface area contributed by atoms with Gasteiger partial charge in [-0.05, 0) is 39.7 Å². The van der Waals surface area contributed by atoms with Crippen LogP contribution in [0.5, 0.6) is 5.75 Å². The van der Waals surface area contributed by atoms with Gasteiger partial charge in [0.25, 0.3) is 10.9 Å². The summed E-state index contributed by atoms with van der Waals surface area (Å²) in [6.45, 7) is 0. The van der Waals surface area contributed by atoms with E-state index in [9.17, 15) is 23.1 Å². The molecular formula is C19H13BrN2O5S. The zero-order valence-corrected chi connectivity index (χ0v) is 16.6. The summed E-state index contributed by atoms with van der Waals surface area (Å²) in [5.41, 5.74) is -0.483. The number of phenolic OH excluding ortho intramolecular Hbond substituents is 1. The van der Waals surface area contributed by atoms with Crippen molar-refractivity contribution in [2.45, 2.75) is 4.90 Å². The van der Waals surface area contributed by atoms with Gasteiger partial charge in [0.2, 0.25) is 0 Å². The van der Waals surface area contributed by atoms with Crippen molar-refractivity contribution in [3.8, 4) is 5.75 Å². The van der Waals surface area contributed by atoms with Gasteiger partial charge in [-0.1, -0.05) is 30.4 Å². The summed E-state index contributed by atoms with van der Waals surface area (Å²) in [5.74, 6) is -0.701. The van der Waals surface area contributed by atoms with Crippen molar-refractivity contribution >= 4 is 54.6 Å². The van der Waals surface area contributed by atoms with E-state index in [0.29, 0.717) is 15.7 Å². The lowest BCUT2D eigenvalue weighted by atomic mass is 10.1. The van der Waals surface area contributed by atoms with Gasteiger partial charge in [0.1, 0.15) is 16.3 Å². The first kappa shape index (κ1) is 18.5. The van der Waals surface area contributed by atoms with E-state index >= 15 is 0 Å². The number of benzene rings is 2. The van der Waals surface area contributed by atoms with Crippen LogP contribution in [0.15, 0.2) is 61.4 Å². The predicted octanol–water partition coefficient (Wildman–Crippen LogP) is 3.04. The minimum Gasteiger partial charge on any atom is -0.504 e. The highest BCUT2D eigenvalue weighted by molar-refractivity contribution is 9.10. The molecule has 0 unspecified atom stereocenters. The highest BCUT2D eigenvalue weighted by Crippen LogP contribution is 2.39. The van der Waals surface area contributed by atoms with E-state index in [0.717, 1.165) is 0 Å². The summed E-state index contributed by atoms with van der Waals surface area (Å²) < 4.78 is 25.3. The summed E-state index contributed by atoms with van der Waals surface area (Å²) >= 11 is 3.35. The maximum atomic E-state index is 12.3. The van der Waals surface area contributed by atoms with E-state index in [4.69, 9.17) is 0 Å². The molecule has 9 heteroatoms. The molecule has 0 aliphatic carbocycles. The molecular weight excluding hydrogens is 448 g/mol. The van der Waals surface area contributed by atoms with Gasteiger partial charge in [-0.3, -0.25) is 9.59 Å². The van der Waals surface area contributed by atoms with Crippen LogP contribution in [0.4, 0.5) is 22.7 Å². The van der Waals surface area contributed by atoms with Crippen molar-refractivity contribution in [1.29, 1.82) is 0 Å². The largest absolute Gasteiger partial charge is 0.504 e. The Morgan fingerprint density at radius 2 is 1.57 bits per heavy atom. The molecule has 4 rings (SSSR count). The van der Waals surface area contributed by atoms with Crippen LogP contribution in [0, 0.1) is 0 Å². The molecule has 0 saturated carbocycles. The highest BCUT2D eigenvalue weighted by Gasteiger charge is 2.28. The quantitative estimate of drug-likeness (QED) is 0.405. The number of phenols is 1. The maximum absolute atomic E-state index is 12.3. The number of anilines is 4. The fourth-order valence-electron chi connectivity index (χ4n) is 2.99. The molecule has 0 radical (unpaired) electrons. The monoisotopic (exact) mass is 460 g/mol. The van der Waals surface area contributed by atoms with Gasteiger partial charge < -0.3 is 15.7 Å². The maximum Gasteiger partial charge on any atom is 0.253 e. The Balaban J connectivity index is 1.73. The minimum absolute atomic E-state index is 0.0277.